The number of likely N-dealkylation sites (N-methyl/N-ethyl adjacent to an activating group) is 1. The molecule has 1 atom stereocenters. The molecule has 0 fully saturated rings. The molecular formula is C17H22ClN3O3S. The van der Waals surface area contributed by atoms with Crippen LogP contribution in [0.3, 0.4) is 0 Å². The van der Waals surface area contributed by atoms with Crippen LogP contribution in [0.2, 0.25) is 0 Å². The summed E-state index contributed by atoms with van der Waals surface area (Å²) in [6, 6.07) is 7.56. The molecule has 1 unspecified atom stereocenters. The summed E-state index contributed by atoms with van der Waals surface area (Å²) in [4.78, 5) is 18.8. The first kappa shape index (κ1) is 19.5. The van der Waals surface area contributed by atoms with E-state index in [9.17, 15) is 4.79 Å². The SMILES string of the molecule is CCN(CC1COc2ccccc2O1)C(=O)c1csc(CCN)n1.Cl. The highest BCUT2D eigenvalue weighted by atomic mass is 35.5. The maximum absolute atomic E-state index is 12.7. The largest absolute Gasteiger partial charge is 0.486 e. The van der Waals surface area contributed by atoms with Gasteiger partial charge >= 0.3 is 0 Å². The molecule has 8 heteroatoms. The lowest BCUT2D eigenvalue weighted by molar-refractivity contribution is 0.0471. The highest BCUT2D eigenvalue weighted by Crippen LogP contribution is 2.31. The van der Waals surface area contributed by atoms with Crippen LogP contribution < -0.4 is 15.2 Å². The van der Waals surface area contributed by atoms with E-state index in [0.29, 0.717) is 38.4 Å². The smallest absolute Gasteiger partial charge is 0.273 e. The lowest BCUT2D eigenvalue weighted by Crippen LogP contribution is -2.43. The van der Waals surface area contributed by atoms with Crippen molar-refractivity contribution in [1.82, 2.24) is 9.88 Å². The highest BCUT2D eigenvalue weighted by Gasteiger charge is 2.26. The molecule has 0 spiro atoms. The van der Waals surface area contributed by atoms with Gasteiger partial charge in [0, 0.05) is 18.3 Å². The molecule has 2 aromatic rings. The van der Waals surface area contributed by atoms with E-state index in [0.717, 1.165) is 16.5 Å². The number of nitrogens with zero attached hydrogens (tertiary/aromatic N) is 2. The Hall–Kier alpha value is -1.83. The second-order valence-corrected chi connectivity index (χ2v) is 6.45. The Morgan fingerprint density at radius 3 is 2.88 bits per heavy atom. The number of aromatic nitrogens is 1. The quantitative estimate of drug-likeness (QED) is 0.828. The Kier molecular flexibility index (Phi) is 7.04. The molecule has 1 aromatic carbocycles. The van der Waals surface area contributed by atoms with Crippen molar-refractivity contribution in [1.29, 1.82) is 0 Å². The number of thiazole rings is 1. The first-order chi connectivity index (χ1) is 11.7. The standard InChI is InChI=1S/C17H21N3O3S.ClH/c1-2-20(17(21)13-11-24-16(19-13)7-8-18)9-12-10-22-14-5-3-4-6-15(14)23-12;/h3-6,11-12H,2,7-10,18H2,1H3;1H. The van der Waals surface area contributed by atoms with E-state index in [2.05, 4.69) is 4.98 Å². The summed E-state index contributed by atoms with van der Waals surface area (Å²) < 4.78 is 11.7. The molecule has 0 bridgehead atoms. The average Bonchev–Trinajstić information content (AvgIpc) is 3.08. The van der Waals surface area contributed by atoms with Crippen molar-refractivity contribution in [2.24, 2.45) is 5.73 Å². The maximum atomic E-state index is 12.7. The number of fused-ring (bicyclic) bond motifs is 1. The Bertz CT molecular complexity index is 710. The van der Waals surface area contributed by atoms with E-state index in [1.54, 1.807) is 10.3 Å². The van der Waals surface area contributed by atoms with Gasteiger partial charge in [0.25, 0.3) is 5.91 Å². The van der Waals surface area contributed by atoms with Crippen LogP contribution in [0.15, 0.2) is 29.6 Å². The summed E-state index contributed by atoms with van der Waals surface area (Å²) in [5.41, 5.74) is 6.01. The molecule has 1 aromatic heterocycles. The van der Waals surface area contributed by atoms with Crippen LogP contribution in [0.4, 0.5) is 0 Å². The molecule has 136 valence electrons. The predicted molar refractivity (Wildman–Crippen MR) is 100 cm³/mol. The number of amides is 1. The summed E-state index contributed by atoms with van der Waals surface area (Å²) >= 11 is 1.47. The topological polar surface area (TPSA) is 77.7 Å². The van der Waals surface area contributed by atoms with E-state index in [4.69, 9.17) is 15.2 Å². The lowest BCUT2D eigenvalue weighted by atomic mass is 10.2. The van der Waals surface area contributed by atoms with Gasteiger partial charge in [-0.15, -0.1) is 23.7 Å². The van der Waals surface area contributed by atoms with Gasteiger partial charge in [-0.2, -0.15) is 0 Å². The van der Waals surface area contributed by atoms with Crippen LogP contribution >= 0.6 is 23.7 Å². The molecule has 3 rings (SSSR count). The van der Waals surface area contributed by atoms with Crippen molar-refractivity contribution >= 4 is 29.7 Å². The monoisotopic (exact) mass is 383 g/mol. The second kappa shape index (κ2) is 9.03. The predicted octanol–water partition coefficient (Wildman–Crippen LogP) is 2.37. The van der Waals surface area contributed by atoms with Crippen molar-refractivity contribution < 1.29 is 14.3 Å². The normalized spacial score (nSPS) is 15.4. The van der Waals surface area contributed by atoms with Gasteiger partial charge in [-0.3, -0.25) is 4.79 Å². The van der Waals surface area contributed by atoms with Crippen LogP contribution in [0.1, 0.15) is 22.4 Å². The lowest BCUT2D eigenvalue weighted by Gasteiger charge is -2.30. The minimum Gasteiger partial charge on any atom is -0.486 e. The summed E-state index contributed by atoms with van der Waals surface area (Å²) in [5, 5.41) is 2.69. The van der Waals surface area contributed by atoms with Gasteiger partial charge in [0.15, 0.2) is 17.6 Å². The Morgan fingerprint density at radius 1 is 1.40 bits per heavy atom. The van der Waals surface area contributed by atoms with Crippen molar-refractivity contribution in [3.8, 4) is 11.5 Å². The van der Waals surface area contributed by atoms with Gasteiger partial charge < -0.3 is 20.1 Å². The van der Waals surface area contributed by atoms with Crippen LogP contribution in [-0.4, -0.2) is 48.1 Å². The van der Waals surface area contributed by atoms with Gasteiger partial charge in [-0.05, 0) is 25.6 Å². The van der Waals surface area contributed by atoms with Gasteiger partial charge in [-0.1, -0.05) is 12.1 Å². The van der Waals surface area contributed by atoms with E-state index >= 15 is 0 Å². The highest BCUT2D eigenvalue weighted by molar-refractivity contribution is 7.09. The average molecular weight is 384 g/mol. The summed E-state index contributed by atoms with van der Waals surface area (Å²) in [5.74, 6) is 1.38. The van der Waals surface area contributed by atoms with Crippen LogP contribution in [0.25, 0.3) is 0 Å². The summed E-state index contributed by atoms with van der Waals surface area (Å²) in [6.07, 6.45) is 0.506. The molecule has 1 amide bonds. The number of ether oxygens (including phenoxy) is 2. The fraction of sp³-hybridized carbons (Fsp3) is 0.412. The Balaban J connectivity index is 0.00000225. The zero-order chi connectivity index (χ0) is 16.9. The molecule has 0 saturated heterocycles. The molecule has 2 heterocycles. The van der Waals surface area contributed by atoms with Crippen molar-refractivity contribution in [3.05, 3.63) is 40.3 Å². The fourth-order valence-corrected chi connectivity index (χ4v) is 3.35. The Labute approximate surface area is 157 Å². The minimum atomic E-state index is -0.189. The molecule has 25 heavy (non-hydrogen) atoms. The number of rotatable bonds is 6. The van der Waals surface area contributed by atoms with E-state index in [-0.39, 0.29) is 24.4 Å². The minimum absolute atomic E-state index is 0. The third kappa shape index (κ3) is 4.62. The number of benzene rings is 1. The second-order valence-electron chi connectivity index (χ2n) is 5.51. The van der Waals surface area contributed by atoms with Crippen molar-refractivity contribution in [2.45, 2.75) is 19.4 Å². The molecule has 2 N–H and O–H groups in total. The number of hydrogen-bond acceptors (Lipinski definition) is 6. The first-order valence-corrected chi connectivity index (χ1v) is 8.91. The molecule has 0 saturated carbocycles. The first-order valence-electron chi connectivity index (χ1n) is 8.03. The number of carbonyl (C=O) groups is 1. The van der Waals surface area contributed by atoms with Gasteiger partial charge in [0.05, 0.1) is 11.6 Å². The van der Waals surface area contributed by atoms with E-state index in [1.165, 1.54) is 11.3 Å². The number of para-hydroxylation sites is 2. The molecule has 0 aliphatic carbocycles. The van der Waals surface area contributed by atoms with Crippen LogP contribution in [0, 0.1) is 0 Å². The molecule has 0 radical (unpaired) electrons. The molecular weight excluding hydrogens is 362 g/mol. The number of hydrogen-bond donors (Lipinski definition) is 1. The third-order valence-corrected chi connectivity index (χ3v) is 4.70. The van der Waals surface area contributed by atoms with Crippen molar-refractivity contribution in [2.75, 3.05) is 26.2 Å². The number of halogens is 1. The number of carbonyl (C=O) groups excluding carboxylic acids is 1. The molecule has 1 aliphatic heterocycles. The van der Waals surface area contributed by atoms with E-state index < -0.39 is 0 Å². The van der Waals surface area contributed by atoms with Gasteiger partial charge in [0.2, 0.25) is 0 Å². The van der Waals surface area contributed by atoms with Crippen molar-refractivity contribution in [3.63, 3.8) is 0 Å². The zero-order valence-electron chi connectivity index (χ0n) is 14.0. The summed E-state index contributed by atoms with van der Waals surface area (Å²) in [7, 11) is 0. The van der Waals surface area contributed by atoms with Crippen LogP contribution in [-0.2, 0) is 6.42 Å². The zero-order valence-corrected chi connectivity index (χ0v) is 15.6. The van der Waals surface area contributed by atoms with Gasteiger partial charge in [-0.25, -0.2) is 4.98 Å². The van der Waals surface area contributed by atoms with Crippen LogP contribution in [0.5, 0.6) is 11.5 Å². The number of nitrogens with two attached hydrogens (primary N) is 1. The molecule has 6 nitrogen and oxygen atoms in total. The third-order valence-electron chi connectivity index (χ3n) is 3.79. The fourth-order valence-electron chi connectivity index (χ4n) is 2.56. The van der Waals surface area contributed by atoms with Gasteiger partial charge in [0.1, 0.15) is 12.3 Å². The molecule has 1 aliphatic rings. The summed E-state index contributed by atoms with van der Waals surface area (Å²) in [6.45, 7) is 3.96. The van der Waals surface area contributed by atoms with E-state index in [1.807, 2.05) is 31.2 Å². The Morgan fingerprint density at radius 2 is 2.16 bits per heavy atom. The maximum Gasteiger partial charge on any atom is 0.273 e.